The van der Waals surface area contributed by atoms with Crippen LogP contribution in [0.15, 0.2) is 18.2 Å². The quantitative estimate of drug-likeness (QED) is 0.858. The molecule has 0 fully saturated rings. The molecule has 0 amide bonds. The average Bonchev–Trinajstić information content (AvgIpc) is 2.39. The molecule has 4 heteroatoms. The van der Waals surface area contributed by atoms with E-state index in [4.69, 9.17) is 9.84 Å². The van der Waals surface area contributed by atoms with Gasteiger partial charge in [-0.15, -0.1) is 0 Å². The fourth-order valence-electron chi connectivity index (χ4n) is 2.48. The molecule has 0 aromatic heterocycles. The fraction of sp³-hybridized carbons (Fsp3) is 0.533. The Hall–Kier alpha value is -1.55. The number of hydrogen-bond donors (Lipinski definition) is 2. The van der Waals surface area contributed by atoms with Crippen molar-refractivity contribution in [3.8, 4) is 5.75 Å². The van der Waals surface area contributed by atoms with E-state index in [2.05, 4.69) is 0 Å². The highest BCUT2D eigenvalue weighted by Gasteiger charge is 2.21. The number of carboxylic acid groups (broad SMARTS) is 1. The Morgan fingerprint density at radius 1 is 1.53 bits per heavy atom. The maximum atomic E-state index is 11.1. The number of fused-ring (bicyclic) bond motifs is 1. The molecule has 0 spiro atoms. The summed E-state index contributed by atoms with van der Waals surface area (Å²) in [6.45, 7) is 1.93. The number of aliphatic hydroxyl groups excluding tert-OH is 1. The molecule has 19 heavy (non-hydrogen) atoms. The lowest BCUT2D eigenvalue weighted by Crippen LogP contribution is -2.26. The second-order valence-electron chi connectivity index (χ2n) is 5.00. The van der Waals surface area contributed by atoms with Gasteiger partial charge in [-0.3, -0.25) is 0 Å². The van der Waals surface area contributed by atoms with Crippen molar-refractivity contribution in [1.82, 2.24) is 0 Å². The van der Waals surface area contributed by atoms with Crippen LogP contribution in [-0.4, -0.2) is 22.3 Å². The zero-order valence-corrected chi connectivity index (χ0v) is 11.1. The van der Waals surface area contributed by atoms with Crippen molar-refractivity contribution in [2.24, 2.45) is 0 Å². The van der Waals surface area contributed by atoms with Crippen LogP contribution in [0.1, 0.15) is 49.8 Å². The lowest BCUT2D eigenvalue weighted by molar-refractivity contribution is -0.145. The molecule has 1 aliphatic rings. The highest BCUT2D eigenvalue weighted by Crippen LogP contribution is 2.32. The monoisotopic (exact) mass is 264 g/mol. The zero-order chi connectivity index (χ0) is 13.8. The van der Waals surface area contributed by atoms with Crippen molar-refractivity contribution in [1.29, 1.82) is 0 Å². The Labute approximate surface area is 113 Å². The molecule has 0 bridgehead atoms. The van der Waals surface area contributed by atoms with E-state index in [1.54, 1.807) is 12.1 Å². The SMILES string of the molecule is CCCC(Oc1ccc2c(c1)[C@H](O)CCC2)C(=O)O. The first-order valence-electron chi connectivity index (χ1n) is 6.82. The molecular formula is C15H20O4. The lowest BCUT2D eigenvalue weighted by atomic mass is 9.89. The molecule has 2 N–H and O–H groups in total. The van der Waals surface area contributed by atoms with E-state index in [-0.39, 0.29) is 0 Å². The zero-order valence-electron chi connectivity index (χ0n) is 11.1. The van der Waals surface area contributed by atoms with Crippen LogP contribution < -0.4 is 4.74 Å². The minimum absolute atomic E-state index is 0.457. The molecule has 2 atom stereocenters. The second kappa shape index (κ2) is 6.06. The van der Waals surface area contributed by atoms with Crippen molar-refractivity contribution in [2.75, 3.05) is 0 Å². The van der Waals surface area contributed by atoms with Gasteiger partial charge in [-0.25, -0.2) is 4.79 Å². The van der Waals surface area contributed by atoms with E-state index in [9.17, 15) is 9.90 Å². The Morgan fingerprint density at radius 3 is 3.00 bits per heavy atom. The molecule has 1 aliphatic carbocycles. The largest absolute Gasteiger partial charge is 0.479 e. The summed E-state index contributed by atoms with van der Waals surface area (Å²) < 4.78 is 5.52. The number of carboxylic acids is 1. The van der Waals surface area contributed by atoms with Crippen LogP contribution in [-0.2, 0) is 11.2 Å². The van der Waals surface area contributed by atoms with Gasteiger partial charge in [-0.05, 0) is 48.9 Å². The van der Waals surface area contributed by atoms with Gasteiger partial charge in [-0.1, -0.05) is 19.4 Å². The van der Waals surface area contributed by atoms with E-state index in [1.807, 2.05) is 13.0 Å². The lowest BCUT2D eigenvalue weighted by Gasteiger charge is -2.23. The maximum absolute atomic E-state index is 11.1. The normalized spacial score (nSPS) is 19.6. The van der Waals surface area contributed by atoms with Crippen molar-refractivity contribution in [3.05, 3.63) is 29.3 Å². The average molecular weight is 264 g/mol. The van der Waals surface area contributed by atoms with Gasteiger partial charge in [0.2, 0.25) is 0 Å². The highest BCUT2D eigenvalue weighted by atomic mass is 16.5. The molecule has 0 heterocycles. The van der Waals surface area contributed by atoms with Crippen molar-refractivity contribution < 1.29 is 19.7 Å². The highest BCUT2D eigenvalue weighted by molar-refractivity contribution is 5.72. The van der Waals surface area contributed by atoms with Crippen molar-refractivity contribution in [3.63, 3.8) is 0 Å². The van der Waals surface area contributed by atoms with E-state index in [0.29, 0.717) is 12.2 Å². The minimum atomic E-state index is -0.944. The number of hydrogen-bond acceptors (Lipinski definition) is 3. The molecule has 1 aromatic carbocycles. The first kappa shape index (κ1) is 13.9. The predicted octanol–water partition coefficient (Wildman–Crippen LogP) is 2.69. The first-order chi connectivity index (χ1) is 9.11. The molecule has 4 nitrogen and oxygen atoms in total. The van der Waals surface area contributed by atoms with Crippen LogP contribution in [0.4, 0.5) is 0 Å². The molecule has 0 saturated heterocycles. The number of ether oxygens (including phenoxy) is 1. The summed E-state index contributed by atoms with van der Waals surface area (Å²) in [5, 5.41) is 19.0. The van der Waals surface area contributed by atoms with E-state index >= 15 is 0 Å². The van der Waals surface area contributed by atoms with Crippen molar-refractivity contribution in [2.45, 2.75) is 51.2 Å². The standard InChI is InChI=1S/C15H20O4/c1-2-4-14(15(17)18)19-11-8-7-10-5-3-6-13(16)12(10)9-11/h7-9,13-14,16H,2-6H2,1H3,(H,17,18)/t13-,14?/m1/s1. The number of aliphatic carboxylic acids is 1. The Bertz CT molecular complexity index is 455. The van der Waals surface area contributed by atoms with Gasteiger partial charge >= 0.3 is 5.97 Å². The molecule has 1 unspecified atom stereocenters. The molecule has 2 rings (SSSR count). The number of rotatable bonds is 5. The van der Waals surface area contributed by atoms with E-state index in [1.165, 1.54) is 0 Å². The predicted molar refractivity (Wildman–Crippen MR) is 71.3 cm³/mol. The summed E-state index contributed by atoms with van der Waals surface area (Å²) in [4.78, 5) is 11.1. The maximum Gasteiger partial charge on any atom is 0.344 e. The van der Waals surface area contributed by atoms with Crippen LogP contribution in [0.2, 0.25) is 0 Å². The van der Waals surface area contributed by atoms with Gasteiger partial charge in [0.05, 0.1) is 6.10 Å². The van der Waals surface area contributed by atoms with Gasteiger partial charge in [-0.2, -0.15) is 0 Å². The number of aliphatic hydroxyl groups is 1. The van der Waals surface area contributed by atoms with E-state index in [0.717, 1.165) is 36.8 Å². The minimum Gasteiger partial charge on any atom is -0.479 e. The van der Waals surface area contributed by atoms with Crippen molar-refractivity contribution >= 4 is 5.97 Å². The molecular weight excluding hydrogens is 244 g/mol. The second-order valence-corrected chi connectivity index (χ2v) is 5.00. The summed E-state index contributed by atoms with van der Waals surface area (Å²) in [5.74, 6) is -0.416. The Kier molecular flexibility index (Phi) is 4.43. The Balaban J connectivity index is 2.17. The third-order valence-corrected chi connectivity index (χ3v) is 3.50. The van der Waals surface area contributed by atoms with Gasteiger partial charge in [0.1, 0.15) is 5.75 Å². The summed E-state index contributed by atoms with van der Waals surface area (Å²) in [7, 11) is 0. The number of aryl methyl sites for hydroxylation is 1. The molecule has 104 valence electrons. The smallest absolute Gasteiger partial charge is 0.344 e. The van der Waals surface area contributed by atoms with Crippen LogP contribution in [0.3, 0.4) is 0 Å². The molecule has 1 aromatic rings. The molecule has 0 radical (unpaired) electrons. The summed E-state index contributed by atoms with van der Waals surface area (Å²) in [6, 6.07) is 5.51. The fourth-order valence-corrected chi connectivity index (χ4v) is 2.48. The summed E-state index contributed by atoms with van der Waals surface area (Å²) >= 11 is 0. The van der Waals surface area contributed by atoms with Crippen LogP contribution >= 0.6 is 0 Å². The molecule has 0 saturated carbocycles. The van der Waals surface area contributed by atoms with Gasteiger partial charge < -0.3 is 14.9 Å². The number of benzene rings is 1. The number of carbonyl (C=O) groups is 1. The summed E-state index contributed by atoms with van der Waals surface area (Å²) in [5.41, 5.74) is 2.01. The van der Waals surface area contributed by atoms with Crippen LogP contribution in [0.25, 0.3) is 0 Å². The van der Waals surface area contributed by atoms with Gasteiger partial charge in [0.15, 0.2) is 6.10 Å². The van der Waals surface area contributed by atoms with Crippen LogP contribution in [0, 0.1) is 0 Å². The van der Waals surface area contributed by atoms with Gasteiger partial charge in [0, 0.05) is 0 Å². The third-order valence-electron chi connectivity index (χ3n) is 3.50. The van der Waals surface area contributed by atoms with Crippen LogP contribution in [0.5, 0.6) is 5.75 Å². The first-order valence-corrected chi connectivity index (χ1v) is 6.82. The summed E-state index contributed by atoms with van der Waals surface area (Å²) in [6.07, 6.45) is 2.67. The molecule has 0 aliphatic heterocycles. The third kappa shape index (κ3) is 3.26. The van der Waals surface area contributed by atoms with E-state index < -0.39 is 18.2 Å². The van der Waals surface area contributed by atoms with Gasteiger partial charge in [0.25, 0.3) is 0 Å². The Morgan fingerprint density at radius 2 is 2.32 bits per heavy atom. The topological polar surface area (TPSA) is 66.8 Å².